The minimum absolute atomic E-state index is 0.0569. The van der Waals surface area contributed by atoms with Gasteiger partial charge in [-0.15, -0.1) is 0 Å². The zero-order valence-electron chi connectivity index (χ0n) is 14.1. The third kappa shape index (κ3) is 3.67. The summed E-state index contributed by atoms with van der Waals surface area (Å²) in [7, 11) is 3.94. The summed E-state index contributed by atoms with van der Waals surface area (Å²) >= 11 is 0. The Balaban J connectivity index is 2.24. The Morgan fingerprint density at radius 3 is 2.57 bits per heavy atom. The van der Waals surface area contributed by atoms with E-state index in [2.05, 4.69) is 50.5 Å². The van der Waals surface area contributed by atoms with Gasteiger partial charge in [0, 0.05) is 7.11 Å². The minimum atomic E-state index is -0.0569. The number of rotatable bonds is 6. The summed E-state index contributed by atoms with van der Waals surface area (Å²) in [6.07, 6.45) is 7.26. The van der Waals surface area contributed by atoms with Crippen molar-refractivity contribution in [2.75, 3.05) is 14.2 Å². The van der Waals surface area contributed by atoms with E-state index >= 15 is 0 Å². The van der Waals surface area contributed by atoms with Crippen LogP contribution in [0.3, 0.4) is 0 Å². The van der Waals surface area contributed by atoms with Gasteiger partial charge in [0.05, 0.1) is 11.6 Å². The number of methoxy groups -OCH3 is 1. The molecule has 1 saturated carbocycles. The average molecular weight is 289 g/mol. The smallest absolute Gasteiger partial charge is 0.0874 e. The largest absolute Gasteiger partial charge is 0.376 e. The number of benzene rings is 1. The lowest BCUT2D eigenvalue weighted by Gasteiger charge is -2.44. The number of likely N-dealkylation sites (N-methyl/N-ethyl adjacent to an activating group) is 1. The Bertz CT molecular complexity index is 428. The van der Waals surface area contributed by atoms with Crippen LogP contribution in [-0.4, -0.2) is 19.8 Å². The zero-order chi connectivity index (χ0) is 15.3. The molecule has 21 heavy (non-hydrogen) atoms. The maximum atomic E-state index is 6.07. The van der Waals surface area contributed by atoms with Crippen LogP contribution in [0.15, 0.2) is 24.3 Å². The Morgan fingerprint density at radius 2 is 2.05 bits per heavy atom. The summed E-state index contributed by atoms with van der Waals surface area (Å²) in [4.78, 5) is 0. The molecule has 1 aliphatic rings. The molecule has 0 radical (unpaired) electrons. The molecule has 1 aliphatic carbocycles. The van der Waals surface area contributed by atoms with E-state index < -0.39 is 0 Å². The molecule has 0 bridgehead atoms. The van der Waals surface area contributed by atoms with Gasteiger partial charge in [0.2, 0.25) is 0 Å². The minimum Gasteiger partial charge on any atom is -0.376 e. The predicted molar refractivity (Wildman–Crippen MR) is 89.6 cm³/mol. The second-order valence-electron chi connectivity index (χ2n) is 6.68. The molecule has 0 aromatic heterocycles. The number of nitrogens with one attached hydrogen (secondary N) is 1. The van der Waals surface area contributed by atoms with Crippen molar-refractivity contribution in [3.05, 3.63) is 35.4 Å². The Morgan fingerprint density at radius 1 is 1.33 bits per heavy atom. The SMILES string of the molecule is CCCc1ccc(C(NC)C2(OC)CCCC(C)C2)cc1. The molecule has 0 amide bonds. The van der Waals surface area contributed by atoms with E-state index in [1.165, 1.54) is 30.4 Å². The normalized spacial score (nSPS) is 27.5. The first kappa shape index (κ1) is 16.5. The molecule has 1 aromatic rings. The van der Waals surface area contributed by atoms with Crippen molar-refractivity contribution in [2.24, 2.45) is 5.92 Å². The first-order valence-corrected chi connectivity index (χ1v) is 8.46. The molecule has 1 N–H and O–H groups in total. The summed E-state index contributed by atoms with van der Waals surface area (Å²) in [5, 5.41) is 3.53. The highest BCUT2D eigenvalue weighted by atomic mass is 16.5. The first-order chi connectivity index (χ1) is 10.1. The molecule has 0 saturated heterocycles. The van der Waals surface area contributed by atoms with Gasteiger partial charge in [-0.05, 0) is 43.4 Å². The van der Waals surface area contributed by atoms with E-state index in [0.29, 0.717) is 0 Å². The highest BCUT2D eigenvalue weighted by Gasteiger charge is 2.42. The quantitative estimate of drug-likeness (QED) is 0.833. The van der Waals surface area contributed by atoms with Gasteiger partial charge in [0.1, 0.15) is 0 Å². The van der Waals surface area contributed by atoms with Crippen LogP contribution in [0.25, 0.3) is 0 Å². The van der Waals surface area contributed by atoms with Gasteiger partial charge in [-0.25, -0.2) is 0 Å². The third-order valence-corrected chi connectivity index (χ3v) is 5.06. The summed E-state index contributed by atoms with van der Waals surface area (Å²) in [5.74, 6) is 0.744. The van der Waals surface area contributed by atoms with Crippen molar-refractivity contribution in [1.29, 1.82) is 0 Å². The lowest BCUT2D eigenvalue weighted by Crippen LogP contribution is -2.47. The number of ether oxygens (including phenoxy) is 1. The highest BCUT2D eigenvalue weighted by Crippen LogP contribution is 2.43. The number of hydrogen-bond acceptors (Lipinski definition) is 2. The Hall–Kier alpha value is -0.860. The molecule has 2 heteroatoms. The highest BCUT2D eigenvalue weighted by molar-refractivity contribution is 5.27. The maximum Gasteiger partial charge on any atom is 0.0874 e. The van der Waals surface area contributed by atoms with E-state index in [9.17, 15) is 0 Å². The average Bonchev–Trinajstić information content (AvgIpc) is 2.50. The fraction of sp³-hybridized carbons (Fsp3) is 0.684. The van der Waals surface area contributed by atoms with Crippen LogP contribution >= 0.6 is 0 Å². The van der Waals surface area contributed by atoms with Gasteiger partial charge >= 0.3 is 0 Å². The van der Waals surface area contributed by atoms with Crippen molar-refractivity contribution in [1.82, 2.24) is 5.32 Å². The maximum absolute atomic E-state index is 6.07. The van der Waals surface area contributed by atoms with Crippen molar-refractivity contribution in [2.45, 2.75) is 64.0 Å². The van der Waals surface area contributed by atoms with Gasteiger partial charge in [0.25, 0.3) is 0 Å². The fourth-order valence-corrected chi connectivity index (χ4v) is 4.01. The summed E-state index contributed by atoms with van der Waals surface area (Å²) in [6, 6.07) is 9.40. The van der Waals surface area contributed by atoms with Crippen molar-refractivity contribution in [3.8, 4) is 0 Å². The lowest BCUT2D eigenvalue weighted by atomic mass is 9.72. The molecule has 1 aromatic carbocycles. The van der Waals surface area contributed by atoms with Gasteiger partial charge < -0.3 is 10.1 Å². The van der Waals surface area contributed by atoms with E-state index in [-0.39, 0.29) is 11.6 Å². The fourth-order valence-electron chi connectivity index (χ4n) is 4.01. The molecule has 3 atom stereocenters. The Kier molecular flexibility index (Phi) is 5.83. The summed E-state index contributed by atoms with van der Waals surface area (Å²) in [6.45, 7) is 4.58. The predicted octanol–water partition coefficient (Wildman–Crippen LogP) is 4.49. The monoisotopic (exact) mass is 289 g/mol. The second-order valence-corrected chi connectivity index (χ2v) is 6.68. The zero-order valence-corrected chi connectivity index (χ0v) is 14.1. The first-order valence-electron chi connectivity index (χ1n) is 8.46. The van der Waals surface area contributed by atoms with Crippen molar-refractivity contribution in [3.63, 3.8) is 0 Å². The van der Waals surface area contributed by atoms with Gasteiger partial charge in [-0.3, -0.25) is 0 Å². The van der Waals surface area contributed by atoms with Crippen LogP contribution in [0.2, 0.25) is 0 Å². The van der Waals surface area contributed by atoms with Gasteiger partial charge in [0.15, 0.2) is 0 Å². The standard InChI is InChI=1S/C19H31NO/c1-5-7-16-9-11-17(12-10-16)18(20-3)19(21-4)13-6-8-15(2)14-19/h9-12,15,18,20H,5-8,13-14H2,1-4H3. The summed E-state index contributed by atoms with van der Waals surface area (Å²) < 4.78 is 6.07. The van der Waals surface area contributed by atoms with Crippen molar-refractivity contribution < 1.29 is 4.74 Å². The number of aryl methyl sites for hydroxylation is 1. The molecule has 1 fully saturated rings. The molecular formula is C19H31NO. The molecular weight excluding hydrogens is 258 g/mol. The van der Waals surface area contributed by atoms with E-state index in [0.717, 1.165) is 25.2 Å². The Labute approximate surface area is 130 Å². The molecule has 0 heterocycles. The molecule has 0 aliphatic heterocycles. The van der Waals surface area contributed by atoms with Crippen LogP contribution in [0.1, 0.15) is 63.1 Å². The molecule has 2 rings (SSSR count). The van der Waals surface area contributed by atoms with Crippen molar-refractivity contribution >= 4 is 0 Å². The second kappa shape index (κ2) is 7.42. The lowest BCUT2D eigenvalue weighted by molar-refractivity contribution is -0.0790. The molecule has 0 spiro atoms. The van der Waals surface area contributed by atoms with Crippen LogP contribution in [0, 0.1) is 5.92 Å². The topological polar surface area (TPSA) is 21.3 Å². The molecule has 3 unspecified atom stereocenters. The van der Waals surface area contributed by atoms with E-state index in [1.807, 2.05) is 7.11 Å². The van der Waals surface area contributed by atoms with Crippen LogP contribution < -0.4 is 5.32 Å². The van der Waals surface area contributed by atoms with Crippen LogP contribution in [0.4, 0.5) is 0 Å². The van der Waals surface area contributed by atoms with Gasteiger partial charge in [-0.2, -0.15) is 0 Å². The van der Waals surface area contributed by atoms with Gasteiger partial charge in [-0.1, -0.05) is 57.4 Å². The van der Waals surface area contributed by atoms with Crippen LogP contribution in [0.5, 0.6) is 0 Å². The number of hydrogen-bond donors (Lipinski definition) is 1. The molecule has 2 nitrogen and oxygen atoms in total. The van der Waals surface area contributed by atoms with Crippen LogP contribution in [-0.2, 0) is 11.2 Å². The van der Waals surface area contributed by atoms with E-state index in [4.69, 9.17) is 4.74 Å². The third-order valence-electron chi connectivity index (χ3n) is 5.06. The molecule has 118 valence electrons. The summed E-state index contributed by atoms with van der Waals surface area (Å²) in [5.41, 5.74) is 2.73. The van der Waals surface area contributed by atoms with E-state index in [1.54, 1.807) is 0 Å².